The van der Waals surface area contributed by atoms with Crippen LogP contribution in [0.2, 0.25) is 0 Å². The molecule has 0 bridgehead atoms. The highest BCUT2D eigenvalue weighted by Crippen LogP contribution is 2.32. The molecule has 124 valence electrons. The van der Waals surface area contributed by atoms with Gasteiger partial charge >= 0.3 is 0 Å². The van der Waals surface area contributed by atoms with E-state index >= 15 is 0 Å². The number of aliphatic imine (C=N–C) groups is 1. The van der Waals surface area contributed by atoms with Gasteiger partial charge in [-0.15, -0.1) is 24.0 Å². The molecule has 1 saturated heterocycles. The van der Waals surface area contributed by atoms with E-state index in [0.717, 1.165) is 31.6 Å². The minimum absolute atomic E-state index is 0. The van der Waals surface area contributed by atoms with E-state index < -0.39 is 0 Å². The molecule has 0 radical (unpaired) electrons. The van der Waals surface area contributed by atoms with Crippen LogP contribution in [-0.4, -0.2) is 61.6 Å². The van der Waals surface area contributed by atoms with Crippen molar-refractivity contribution in [2.24, 2.45) is 10.4 Å². The van der Waals surface area contributed by atoms with Crippen LogP contribution in [0.15, 0.2) is 4.99 Å². The Balaban J connectivity index is 0.00000220. The zero-order valence-electron chi connectivity index (χ0n) is 14.4. The van der Waals surface area contributed by atoms with Crippen molar-refractivity contribution < 1.29 is 0 Å². The van der Waals surface area contributed by atoms with Gasteiger partial charge in [-0.1, -0.05) is 13.8 Å². The zero-order chi connectivity index (χ0) is 14.8. The lowest BCUT2D eigenvalue weighted by molar-refractivity contribution is 0.245. The van der Waals surface area contributed by atoms with Gasteiger partial charge in [-0.3, -0.25) is 9.89 Å². The van der Waals surface area contributed by atoms with Gasteiger partial charge in [-0.25, -0.2) is 0 Å². The average molecular weight is 408 g/mol. The van der Waals surface area contributed by atoms with Crippen LogP contribution in [0.25, 0.3) is 0 Å². The molecule has 1 N–H and O–H groups in total. The molecule has 0 aromatic rings. The molecule has 0 amide bonds. The Morgan fingerprint density at radius 1 is 1.48 bits per heavy atom. The number of rotatable bonds is 5. The Bertz CT molecular complexity index is 356. The second-order valence-corrected chi connectivity index (χ2v) is 7.01. The van der Waals surface area contributed by atoms with E-state index in [4.69, 9.17) is 0 Å². The van der Waals surface area contributed by atoms with E-state index in [1.54, 1.807) is 0 Å². The molecule has 21 heavy (non-hydrogen) atoms. The van der Waals surface area contributed by atoms with Gasteiger partial charge in [-0.2, -0.15) is 0 Å². The van der Waals surface area contributed by atoms with Crippen molar-refractivity contribution in [2.45, 2.75) is 58.5 Å². The van der Waals surface area contributed by atoms with E-state index in [-0.39, 0.29) is 24.0 Å². The van der Waals surface area contributed by atoms with Gasteiger partial charge in [0, 0.05) is 38.8 Å². The lowest BCUT2D eigenvalue weighted by Gasteiger charge is -2.29. The summed E-state index contributed by atoms with van der Waals surface area (Å²) in [7, 11) is 4.15. The smallest absolute Gasteiger partial charge is 0.193 e. The number of likely N-dealkylation sites (N-methyl/N-ethyl adjacent to an activating group) is 1. The summed E-state index contributed by atoms with van der Waals surface area (Å²) in [6.07, 6.45) is 5.27. The molecule has 1 heterocycles. The number of nitrogens with one attached hydrogen (secondary N) is 1. The number of likely N-dealkylation sites (tertiary alicyclic amines) is 1. The van der Waals surface area contributed by atoms with Crippen molar-refractivity contribution in [2.75, 3.05) is 33.7 Å². The zero-order valence-corrected chi connectivity index (χ0v) is 16.7. The lowest BCUT2D eigenvalue weighted by Crippen LogP contribution is -2.46. The first kappa shape index (κ1) is 19.0. The molecule has 1 saturated carbocycles. The van der Waals surface area contributed by atoms with E-state index in [1.165, 1.54) is 25.7 Å². The van der Waals surface area contributed by atoms with E-state index in [1.807, 2.05) is 7.05 Å². The third kappa shape index (κ3) is 4.98. The molecule has 2 aliphatic rings. The molecule has 1 aliphatic heterocycles. The van der Waals surface area contributed by atoms with Gasteiger partial charge in [0.15, 0.2) is 5.96 Å². The molecular formula is C16H33IN4. The predicted molar refractivity (Wildman–Crippen MR) is 102 cm³/mol. The summed E-state index contributed by atoms with van der Waals surface area (Å²) in [5.41, 5.74) is 0.466. The Kier molecular flexibility index (Phi) is 7.24. The van der Waals surface area contributed by atoms with Crippen LogP contribution < -0.4 is 5.32 Å². The second kappa shape index (κ2) is 7.99. The minimum Gasteiger partial charge on any atom is -0.355 e. The first-order valence-corrected chi connectivity index (χ1v) is 8.16. The molecule has 2 fully saturated rings. The van der Waals surface area contributed by atoms with Crippen molar-refractivity contribution in [3.63, 3.8) is 0 Å². The fraction of sp³-hybridized carbons (Fsp3) is 0.938. The van der Waals surface area contributed by atoms with E-state index in [9.17, 15) is 0 Å². The summed E-state index contributed by atoms with van der Waals surface area (Å²) in [6, 6.07) is 1.39. The summed E-state index contributed by atoms with van der Waals surface area (Å²) in [5.74, 6) is 1.08. The molecule has 0 aromatic heterocycles. The summed E-state index contributed by atoms with van der Waals surface area (Å²) in [4.78, 5) is 9.40. The fourth-order valence-corrected chi connectivity index (χ4v) is 3.05. The minimum atomic E-state index is 0. The highest BCUT2D eigenvalue weighted by molar-refractivity contribution is 14.0. The van der Waals surface area contributed by atoms with Crippen LogP contribution in [0.3, 0.4) is 0 Å². The molecule has 2 unspecified atom stereocenters. The first-order chi connectivity index (χ1) is 9.49. The van der Waals surface area contributed by atoms with Crippen LogP contribution >= 0.6 is 24.0 Å². The van der Waals surface area contributed by atoms with Gasteiger partial charge in [0.05, 0.1) is 0 Å². The number of guanidine groups is 1. The van der Waals surface area contributed by atoms with Crippen molar-refractivity contribution >= 4 is 29.9 Å². The standard InChI is InChI=1S/C16H32N4.HI/c1-6-16(3)9-10-20(12-16)15(17-4)18-11-13(2)19(5)14-7-8-14;/h13-14H,6-12H2,1-5H3,(H,17,18);1H. The van der Waals surface area contributed by atoms with Gasteiger partial charge in [0.1, 0.15) is 0 Å². The van der Waals surface area contributed by atoms with Crippen molar-refractivity contribution in [1.29, 1.82) is 0 Å². The predicted octanol–water partition coefficient (Wildman–Crippen LogP) is 2.78. The molecule has 0 aromatic carbocycles. The first-order valence-electron chi connectivity index (χ1n) is 8.16. The van der Waals surface area contributed by atoms with Gasteiger partial charge in [0.25, 0.3) is 0 Å². The summed E-state index contributed by atoms with van der Waals surface area (Å²) in [6.45, 7) is 10.3. The second-order valence-electron chi connectivity index (χ2n) is 7.01. The van der Waals surface area contributed by atoms with Gasteiger partial charge in [-0.05, 0) is 45.1 Å². The normalized spacial score (nSPS) is 27.7. The van der Waals surface area contributed by atoms with Crippen LogP contribution in [-0.2, 0) is 0 Å². The summed E-state index contributed by atoms with van der Waals surface area (Å²) >= 11 is 0. The largest absolute Gasteiger partial charge is 0.355 e. The van der Waals surface area contributed by atoms with E-state index in [2.05, 4.69) is 47.9 Å². The number of hydrogen-bond donors (Lipinski definition) is 1. The third-order valence-electron chi connectivity index (χ3n) is 5.30. The maximum atomic E-state index is 4.47. The Labute approximate surface area is 147 Å². The molecule has 0 spiro atoms. The van der Waals surface area contributed by atoms with Crippen molar-refractivity contribution in [1.82, 2.24) is 15.1 Å². The third-order valence-corrected chi connectivity index (χ3v) is 5.30. The summed E-state index contributed by atoms with van der Waals surface area (Å²) in [5, 5.41) is 3.57. The SMILES string of the molecule is CCC1(C)CCN(C(=NC)NCC(C)N(C)C2CC2)C1.I. The molecule has 5 heteroatoms. The molecule has 2 rings (SSSR count). The van der Waals surface area contributed by atoms with Crippen LogP contribution in [0, 0.1) is 5.41 Å². The summed E-state index contributed by atoms with van der Waals surface area (Å²) < 4.78 is 0. The number of nitrogens with zero attached hydrogens (tertiary/aromatic N) is 3. The monoisotopic (exact) mass is 408 g/mol. The van der Waals surface area contributed by atoms with Gasteiger partial charge < -0.3 is 10.2 Å². The van der Waals surface area contributed by atoms with E-state index in [0.29, 0.717) is 11.5 Å². The number of halogens is 1. The highest BCUT2D eigenvalue weighted by atomic mass is 127. The highest BCUT2D eigenvalue weighted by Gasteiger charge is 2.34. The van der Waals surface area contributed by atoms with Crippen LogP contribution in [0.4, 0.5) is 0 Å². The molecular weight excluding hydrogens is 375 g/mol. The van der Waals surface area contributed by atoms with Crippen LogP contribution in [0.1, 0.15) is 46.5 Å². The molecule has 2 atom stereocenters. The lowest BCUT2D eigenvalue weighted by atomic mass is 9.87. The Hall–Kier alpha value is -0.0400. The van der Waals surface area contributed by atoms with Crippen LogP contribution in [0.5, 0.6) is 0 Å². The maximum Gasteiger partial charge on any atom is 0.193 e. The topological polar surface area (TPSA) is 30.9 Å². The molecule has 1 aliphatic carbocycles. The number of hydrogen-bond acceptors (Lipinski definition) is 2. The quantitative estimate of drug-likeness (QED) is 0.431. The molecule has 4 nitrogen and oxygen atoms in total. The van der Waals surface area contributed by atoms with Gasteiger partial charge in [0.2, 0.25) is 0 Å². The average Bonchev–Trinajstić information content (AvgIpc) is 3.22. The fourth-order valence-electron chi connectivity index (χ4n) is 3.05. The Morgan fingerprint density at radius 3 is 2.62 bits per heavy atom. The maximum absolute atomic E-state index is 4.47. The Morgan fingerprint density at radius 2 is 2.14 bits per heavy atom. The van der Waals surface area contributed by atoms with Crippen molar-refractivity contribution in [3.8, 4) is 0 Å². The van der Waals surface area contributed by atoms with Crippen molar-refractivity contribution in [3.05, 3.63) is 0 Å².